The monoisotopic (exact) mass is 248 g/mol. The Morgan fingerprint density at radius 1 is 1.39 bits per heavy atom. The van der Waals surface area contributed by atoms with Crippen molar-refractivity contribution in [3.8, 4) is 5.75 Å². The second-order valence-corrected chi connectivity index (χ2v) is 3.64. The molecule has 1 aromatic carbocycles. The van der Waals surface area contributed by atoms with E-state index in [1.165, 1.54) is 11.1 Å². The van der Waals surface area contributed by atoms with Crippen LogP contribution in [0.15, 0.2) is 30.6 Å². The lowest BCUT2D eigenvalue weighted by atomic mass is 10.2. The van der Waals surface area contributed by atoms with Crippen LogP contribution in [0.4, 0.5) is 0 Å². The Morgan fingerprint density at radius 2 is 2.17 bits per heavy atom. The largest absolute Gasteiger partial charge is 0.491 e. The minimum atomic E-state index is -0.732. The van der Waals surface area contributed by atoms with Crippen LogP contribution in [0.5, 0.6) is 5.75 Å². The molecule has 0 spiro atoms. The first kappa shape index (κ1) is 12.2. The van der Waals surface area contributed by atoms with Crippen LogP contribution in [-0.4, -0.2) is 44.3 Å². The zero-order valence-electron chi connectivity index (χ0n) is 9.51. The minimum absolute atomic E-state index is 0.113. The van der Waals surface area contributed by atoms with Gasteiger partial charge in [0, 0.05) is 5.56 Å². The Morgan fingerprint density at radius 3 is 2.78 bits per heavy atom. The molecule has 0 aliphatic heterocycles. The second kappa shape index (κ2) is 5.87. The summed E-state index contributed by atoms with van der Waals surface area (Å²) in [6, 6.07) is 6.63. The lowest BCUT2D eigenvalue weighted by Crippen LogP contribution is -2.24. The van der Waals surface area contributed by atoms with Gasteiger partial charge in [0.2, 0.25) is 0 Å². The Labute approximate surface area is 103 Å². The number of carbonyl (C=O) groups is 1. The maximum absolute atomic E-state index is 10.5. The quantitative estimate of drug-likeness (QED) is 0.719. The highest BCUT2D eigenvalue weighted by Crippen LogP contribution is 2.11. The Kier molecular flexibility index (Phi) is 3.98. The van der Waals surface area contributed by atoms with Gasteiger partial charge in [-0.25, -0.2) is 0 Å². The van der Waals surface area contributed by atoms with Gasteiger partial charge in [-0.1, -0.05) is 0 Å². The van der Waals surface area contributed by atoms with Gasteiger partial charge >= 0.3 is 0 Å². The molecule has 0 amide bonds. The summed E-state index contributed by atoms with van der Waals surface area (Å²) < 4.78 is 5.36. The summed E-state index contributed by atoms with van der Waals surface area (Å²) >= 11 is 0. The van der Waals surface area contributed by atoms with Crippen LogP contribution in [0.25, 0.3) is 0 Å². The number of aromatic nitrogens is 4. The topological polar surface area (TPSA) is 90.1 Å². The molecule has 1 atom stereocenters. The molecule has 2 rings (SSSR count). The number of benzene rings is 1. The van der Waals surface area contributed by atoms with Crippen LogP contribution < -0.4 is 4.74 Å². The normalized spacial score (nSPS) is 12.1. The lowest BCUT2D eigenvalue weighted by molar-refractivity contribution is 0.0849. The summed E-state index contributed by atoms with van der Waals surface area (Å²) in [4.78, 5) is 11.7. The van der Waals surface area contributed by atoms with Gasteiger partial charge < -0.3 is 9.84 Å². The van der Waals surface area contributed by atoms with Crippen LogP contribution in [0, 0.1) is 0 Å². The summed E-state index contributed by atoms with van der Waals surface area (Å²) in [7, 11) is 0. The predicted molar refractivity (Wildman–Crippen MR) is 61.1 cm³/mol. The fourth-order valence-corrected chi connectivity index (χ4v) is 1.35. The average Bonchev–Trinajstić information content (AvgIpc) is 2.90. The first-order valence-electron chi connectivity index (χ1n) is 5.35. The van der Waals surface area contributed by atoms with Gasteiger partial charge in [-0.05, 0) is 29.5 Å². The highest BCUT2D eigenvalue weighted by atomic mass is 16.5. The number of tetrazole rings is 1. The molecule has 1 aromatic heterocycles. The van der Waals surface area contributed by atoms with Gasteiger partial charge in [-0.3, -0.25) is 4.79 Å². The predicted octanol–water partition coefficient (Wildman–Crippen LogP) is -0.0745. The second-order valence-electron chi connectivity index (χ2n) is 3.64. The third-order valence-corrected chi connectivity index (χ3v) is 2.22. The summed E-state index contributed by atoms with van der Waals surface area (Å²) in [5.74, 6) is 0.589. The molecule has 0 radical (unpaired) electrons. The van der Waals surface area contributed by atoms with Gasteiger partial charge in [0.05, 0.1) is 6.54 Å². The minimum Gasteiger partial charge on any atom is -0.491 e. The van der Waals surface area contributed by atoms with Crippen molar-refractivity contribution < 1.29 is 14.6 Å². The maximum Gasteiger partial charge on any atom is 0.162 e. The zero-order chi connectivity index (χ0) is 12.8. The molecule has 0 bridgehead atoms. The van der Waals surface area contributed by atoms with E-state index in [9.17, 15) is 9.90 Å². The molecular weight excluding hydrogens is 236 g/mol. The van der Waals surface area contributed by atoms with Crippen molar-refractivity contribution in [1.82, 2.24) is 20.2 Å². The Bertz CT molecular complexity index is 483. The van der Waals surface area contributed by atoms with Crippen LogP contribution >= 0.6 is 0 Å². The third kappa shape index (κ3) is 3.36. The summed E-state index contributed by atoms with van der Waals surface area (Å²) in [5.41, 5.74) is 0.578. The molecule has 0 fully saturated rings. The van der Waals surface area contributed by atoms with Crippen LogP contribution in [-0.2, 0) is 6.54 Å². The van der Waals surface area contributed by atoms with Crippen molar-refractivity contribution in [2.24, 2.45) is 0 Å². The number of ether oxygens (including phenoxy) is 1. The third-order valence-electron chi connectivity index (χ3n) is 2.22. The van der Waals surface area contributed by atoms with E-state index < -0.39 is 6.10 Å². The zero-order valence-corrected chi connectivity index (χ0v) is 9.51. The van der Waals surface area contributed by atoms with Crippen molar-refractivity contribution in [3.63, 3.8) is 0 Å². The Hall–Kier alpha value is -2.28. The molecule has 0 aliphatic rings. The fourth-order valence-electron chi connectivity index (χ4n) is 1.35. The Balaban J connectivity index is 1.81. The molecule has 1 heterocycles. The number of rotatable bonds is 6. The molecule has 1 N–H and O–H groups in total. The standard InChI is InChI=1S/C11H12N4O3/c16-6-9-1-3-11(4-2-9)18-7-10(17)5-15-13-8-12-14-15/h1-4,6,8,10,17H,5,7H2/t10-/m1/s1. The summed E-state index contributed by atoms with van der Waals surface area (Å²) in [5, 5.41) is 20.6. The van der Waals surface area contributed by atoms with Gasteiger partial charge in [-0.2, -0.15) is 4.80 Å². The molecule has 7 heteroatoms. The van der Waals surface area contributed by atoms with Gasteiger partial charge in [0.25, 0.3) is 0 Å². The molecule has 94 valence electrons. The number of hydrogen-bond donors (Lipinski definition) is 1. The van der Waals surface area contributed by atoms with Crippen LogP contribution in [0.3, 0.4) is 0 Å². The number of carbonyl (C=O) groups excluding carboxylic acids is 1. The van der Waals surface area contributed by atoms with Gasteiger partial charge in [-0.15, -0.1) is 10.2 Å². The van der Waals surface area contributed by atoms with Gasteiger partial charge in [0.1, 0.15) is 24.7 Å². The first-order chi connectivity index (χ1) is 8.78. The first-order valence-corrected chi connectivity index (χ1v) is 5.35. The van der Waals surface area contributed by atoms with E-state index in [4.69, 9.17) is 4.74 Å². The molecule has 7 nitrogen and oxygen atoms in total. The van der Waals surface area contributed by atoms with E-state index in [0.29, 0.717) is 11.3 Å². The number of hydrogen-bond acceptors (Lipinski definition) is 6. The van der Waals surface area contributed by atoms with E-state index >= 15 is 0 Å². The number of nitrogens with zero attached hydrogens (tertiary/aromatic N) is 4. The van der Waals surface area contributed by atoms with Crippen LogP contribution in [0.2, 0.25) is 0 Å². The van der Waals surface area contributed by atoms with E-state index in [-0.39, 0.29) is 13.2 Å². The highest BCUT2D eigenvalue weighted by Gasteiger charge is 2.07. The van der Waals surface area contributed by atoms with E-state index in [2.05, 4.69) is 15.4 Å². The molecule has 0 saturated heterocycles. The molecule has 0 aliphatic carbocycles. The molecular formula is C11H12N4O3. The molecule has 2 aromatic rings. The molecule has 0 saturated carbocycles. The van der Waals surface area contributed by atoms with Gasteiger partial charge in [0.15, 0.2) is 6.33 Å². The molecule has 0 unspecified atom stereocenters. The van der Waals surface area contributed by atoms with E-state index in [1.807, 2.05) is 0 Å². The van der Waals surface area contributed by atoms with Crippen LogP contribution in [0.1, 0.15) is 10.4 Å². The van der Waals surface area contributed by atoms with E-state index in [1.54, 1.807) is 24.3 Å². The fraction of sp³-hybridized carbons (Fsp3) is 0.273. The number of aliphatic hydroxyl groups is 1. The van der Waals surface area contributed by atoms with Crippen molar-refractivity contribution in [3.05, 3.63) is 36.2 Å². The number of aldehydes is 1. The number of aliphatic hydroxyl groups excluding tert-OH is 1. The summed E-state index contributed by atoms with van der Waals surface area (Å²) in [6.45, 7) is 0.328. The smallest absolute Gasteiger partial charge is 0.162 e. The van der Waals surface area contributed by atoms with Crippen molar-refractivity contribution in [1.29, 1.82) is 0 Å². The lowest BCUT2D eigenvalue weighted by Gasteiger charge is -2.11. The van der Waals surface area contributed by atoms with E-state index in [0.717, 1.165) is 6.29 Å². The SMILES string of the molecule is O=Cc1ccc(OC[C@H](O)Cn2ncnn2)cc1. The highest BCUT2D eigenvalue weighted by molar-refractivity contribution is 5.74. The molecule has 18 heavy (non-hydrogen) atoms. The van der Waals surface area contributed by atoms with Crippen molar-refractivity contribution >= 4 is 6.29 Å². The maximum atomic E-state index is 10.5. The summed E-state index contributed by atoms with van der Waals surface area (Å²) in [6.07, 6.45) is 1.32. The van der Waals surface area contributed by atoms with Crippen molar-refractivity contribution in [2.45, 2.75) is 12.6 Å². The average molecular weight is 248 g/mol. The van der Waals surface area contributed by atoms with Crippen molar-refractivity contribution in [2.75, 3.05) is 6.61 Å².